The summed E-state index contributed by atoms with van der Waals surface area (Å²) in [5.74, 6) is -0.0886. The highest BCUT2D eigenvalue weighted by Crippen LogP contribution is 2.16. The van der Waals surface area contributed by atoms with Crippen molar-refractivity contribution in [3.05, 3.63) is 11.8 Å². The summed E-state index contributed by atoms with van der Waals surface area (Å²) in [6.45, 7) is 4.73. The first-order valence-corrected chi connectivity index (χ1v) is 4.51. The predicted molar refractivity (Wildman–Crippen MR) is 50.4 cm³/mol. The summed E-state index contributed by atoms with van der Waals surface area (Å²) in [4.78, 5) is 11.4. The number of aromatic nitrogens is 2. The van der Waals surface area contributed by atoms with Gasteiger partial charge in [0.25, 0.3) is 0 Å². The molecule has 0 aliphatic heterocycles. The summed E-state index contributed by atoms with van der Waals surface area (Å²) in [6.07, 6.45) is 1.62. The average molecular weight is 198 g/mol. The largest absolute Gasteiger partial charge is 0.479 e. The molecule has 0 aliphatic carbocycles. The molecule has 0 atom stereocenters. The van der Waals surface area contributed by atoms with Gasteiger partial charge in [0.1, 0.15) is 5.56 Å². The van der Waals surface area contributed by atoms with E-state index in [0.717, 1.165) is 0 Å². The van der Waals surface area contributed by atoms with E-state index >= 15 is 0 Å². The third-order valence-electron chi connectivity index (χ3n) is 1.74. The van der Waals surface area contributed by atoms with Crippen molar-refractivity contribution in [1.82, 2.24) is 9.78 Å². The van der Waals surface area contributed by atoms with Crippen LogP contribution in [0, 0.1) is 0 Å². The van der Waals surface area contributed by atoms with Crippen molar-refractivity contribution in [2.24, 2.45) is 0 Å². The molecule has 0 unspecified atom stereocenters. The highest BCUT2D eigenvalue weighted by molar-refractivity contribution is 5.91. The van der Waals surface area contributed by atoms with Crippen LogP contribution in [0.2, 0.25) is 0 Å². The second-order valence-corrected chi connectivity index (χ2v) is 2.63. The fraction of sp³-hybridized carbons (Fsp3) is 0.556. The van der Waals surface area contributed by atoms with Crippen LogP contribution >= 0.6 is 0 Å². The fourth-order valence-corrected chi connectivity index (χ4v) is 1.07. The lowest BCUT2D eigenvalue weighted by Crippen LogP contribution is -2.05. The van der Waals surface area contributed by atoms with Crippen LogP contribution < -0.4 is 4.74 Å². The summed E-state index contributed by atoms with van der Waals surface area (Å²) >= 11 is 0. The van der Waals surface area contributed by atoms with E-state index in [-0.39, 0.29) is 0 Å². The Kier molecular flexibility index (Phi) is 3.50. The van der Waals surface area contributed by atoms with Gasteiger partial charge in [0, 0.05) is 12.7 Å². The lowest BCUT2D eigenvalue weighted by atomic mass is 10.3. The van der Waals surface area contributed by atoms with Crippen LogP contribution in [0.15, 0.2) is 6.20 Å². The zero-order chi connectivity index (χ0) is 10.6. The summed E-state index contributed by atoms with van der Waals surface area (Å²) in [6, 6.07) is 0. The van der Waals surface area contributed by atoms with Gasteiger partial charge in [-0.15, -0.1) is 5.10 Å². The molecule has 0 saturated carbocycles. The van der Waals surface area contributed by atoms with Crippen LogP contribution in [-0.4, -0.2) is 29.5 Å². The molecule has 78 valence electrons. The molecule has 0 bridgehead atoms. The Hall–Kier alpha value is -1.52. The van der Waals surface area contributed by atoms with Gasteiger partial charge < -0.3 is 9.47 Å². The molecule has 0 amide bonds. The molecule has 0 N–H and O–H groups in total. The Labute approximate surface area is 82.6 Å². The number of carbonyl (C=O) groups is 1. The summed E-state index contributed by atoms with van der Waals surface area (Å²) in [7, 11) is 1.48. The van der Waals surface area contributed by atoms with Gasteiger partial charge in [-0.3, -0.25) is 4.68 Å². The maximum atomic E-state index is 11.4. The molecule has 0 aliphatic rings. The number of esters is 1. The van der Waals surface area contributed by atoms with Crippen molar-refractivity contribution in [2.45, 2.75) is 20.4 Å². The van der Waals surface area contributed by atoms with Crippen molar-refractivity contribution in [3.63, 3.8) is 0 Å². The Morgan fingerprint density at radius 1 is 1.57 bits per heavy atom. The van der Waals surface area contributed by atoms with E-state index in [0.29, 0.717) is 24.6 Å². The standard InChI is InChI=1S/C9H14N2O3/c1-4-11-6-7(8(10-11)13-3)9(12)14-5-2/h6H,4-5H2,1-3H3. The highest BCUT2D eigenvalue weighted by atomic mass is 16.5. The monoisotopic (exact) mass is 198 g/mol. The van der Waals surface area contributed by atoms with Crippen LogP contribution in [0.1, 0.15) is 24.2 Å². The van der Waals surface area contributed by atoms with Crippen molar-refractivity contribution in [1.29, 1.82) is 0 Å². The van der Waals surface area contributed by atoms with Crippen LogP contribution in [0.5, 0.6) is 5.88 Å². The lowest BCUT2D eigenvalue weighted by Gasteiger charge is -1.99. The molecule has 0 spiro atoms. The second kappa shape index (κ2) is 4.64. The third kappa shape index (κ3) is 2.04. The zero-order valence-corrected chi connectivity index (χ0v) is 8.61. The SMILES string of the molecule is CCOC(=O)c1cn(CC)nc1OC. The van der Waals surface area contributed by atoms with Crippen LogP contribution in [0.25, 0.3) is 0 Å². The van der Waals surface area contributed by atoms with Crippen LogP contribution in [0.4, 0.5) is 0 Å². The number of nitrogens with zero attached hydrogens (tertiary/aromatic N) is 2. The number of ether oxygens (including phenoxy) is 2. The smallest absolute Gasteiger partial charge is 0.345 e. The Morgan fingerprint density at radius 3 is 2.79 bits per heavy atom. The molecule has 0 radical (unpaired) electrons. The van der Waals surface area contributed by atoms with Gasteiger partial charge >= 0.3 is 5.97 Å². The number of rotatable bonds is 4. The van der Waals surface area contributed by atoms with E-state index in [1.807, 2.05) is 6.92 Å². The fourth-order valence-electron chi connectivity index (χ4n) is 1.07. The first kappa shape index (κ1) is 10.6. The van der Waals surface area contributed by atoms with Gasteiger partial charge in [0.05, 0.1) is 13.7 Å². The number of hydrogen-bond donors (Lipinski definition) is 0. The second-order valence-electron chi connectivity index (χ2n) is 2.63. The molecule has 1 aromatic rings. The summed E-state index contributed by atoms with van der Waals surface area (Å²) < 4.78 is 11.4. The number of aryl methyl sites for hydroxylation is 1. The maximum absolute atomic E-state index is 11.4. The molecule has 1 aromatic heterocycles. The van der Waals surface area contributed by atoms with Crippen LogP contribution in [0.3, 0.4) is 0 Å². The molecular weight excluding hydrogens is 184 g/mol. The quantitative estimate of drug-likeness (QED) is 0.679. The number of carbonyl (C=O) groups excluding carboxylic acids is 1. The minimum absolute atomic E-state index is 0.310. The normalized spacial score (nSPS) is 9.93. The topological polar surface area (TPSA) is 53.4 Å². The van der Waals surface area contributed by atoms with Crippen LogP contribution in [-0.2, 0) is 11.3 Å². The summed E-state index contributed by atoms with van der Waals surface area (Å²) in [5.41, 5.74) is 0.371. The average Bonchev–Trinajstić information content (AvgIpc) is 2.61. The van der Waals surface area contributed by atoms with Gasteiger partial charge in [0.15, 0.2) is 0 Å². The highest BCUT2D eigenvalue weighted by Gasteiger charge is 2.17. The van der Waals surface area contributed by atoms with E-state index in [1.165, 1.54) is 7.11 Å². The van der Waals surface area contributed by atoms with E-state index in [9.17, 15) is 4.79 Å². The molecule has 5 nitrogen and oxygen atoms in total. The molecule has 0 saturated heterocycles. The third-order valence-corrected chi connectivity index (χ3v) is 1.74. The van der Waals surface area contributed by atoms with Crippen molar-refractivity contribution in [3.8, 4) is 5.88 Å². The van der Waals surface area contributed by atoms with E-state index in [1.54, 1.807) is 17.8 Å². The summed E-state index contributed by atoms with van der Waals surface area (Å²) in [5, 5.41) is 4.04. The van der Waals surface area contributed by atoms with Crippen molar-refractivity contribution < 1.29 is 14.3 Å². The van der Waals surface area contributed by atoms with E-state index in [4.69, 9.17) is 9.47 Å². The van der Waals surface area contributed by atoms with Crippen molar-refractivity contribution >= 4 is 5.97 Å². The first-order chi connectivity index (χ1) is 6.72. The van der Waals surface area contributed by atoms with Crippen molar-refractivity contribution in [2.75, 3.05) is 13.7 Å². The molecule has 1 rings (SSSR count). The Morgan fingerprint density at radius 2 is 2.29 bits per heavy atom. The lowest BCUT2D eigenvalue weighted by molar-refractivity contribution is 0.0522. The molecular formula is C9H14N2O3. The maximum Gasteiger partial charge on any atom is 0.345 e. The predicted octanol–water partition coefficient (Wildman–Crippen LogP) is 1.09. The van der Waals surface area contributed by atoms with Gasteiger partial charge in [0.2, 0.25) is 5.88 Å². The molecule has 0 fully saturated rings. The number of hydrogen-bond acceptors (Lipinski definition) is 4. The molecule has 5 heteroatoms. The molecule has 14 heavy (non-hydrogen) atoms. The molecule has 1 heterocycles. The number of methoxy groups -OCH3 is 1. The van der Waals surface area contributed by atoms with Gasteiger partial charge in [-0.05, 0) is 13.8 Å². The van der Waals surface area contributed by atoms with Gasteiger partial charge in [-0.25, -0.2) is 4.79 Å². The Bertz CT molecular complexity index is 320. The molecule has 0 aromatic carbocycles. The van der Waals surface area contributed by atoms with E-state index in [2.05, 4.69) is 5.10 Å². The van der Waals surface area contributed by atoms with E-state index < -0.39 is 5.97 Å². The Balaban J connectivity index is 2.93. The minimum Gasteiger partial charge on any atom is -0.479 e. The van der Waals surface area contributed by atoms with Gasteiger partial charge in [-0.1, -0.05) is 0 Å². The van der Waals surface area contributed by atoms with Gasteiger partial charge in [-0.2, -0.15) is 0 Å². The first-order valence-electron chi connectivity index (χ1n) is 4.51. The minimum atomic E-state index is -0.399. The zero-order valence-electron chi connectivity index (χ0n) is 8.61.